The average Bonchev–Trinajstić information content (AvgIpc) is 2.12. The van der Waals surface area contributed by atoms with Crippen LogP contribution >= 0.6 is 22.9 Å². The van der Waals surface area contributed by atoms with E-state index in [9.17, 15) is 4.79 Å². The van der Waals surface area contributed by atoms with Gasteiger partial charge in [-0.3, -0.25) is 7.91 Å². The standard InChI is InChI=1S/C10H10INO/c1-7-2-4-9-8(6-7)3-5-10(13)12(9)11/h2,4,6H,3,5H2,1H3. The molecule has 0 saturated carbocycles. The summed E-state index contributed by atoms with van der Waals surface area (Å²) in [6.45, 7) is 2.08. The third-order valence-electron chi connectivity index (χ3n) is 2.27. The van der Waals surface area contributed by atoms with Gasteiger partial charge in [0.2, 0.25) is 5.91 Å². The number of carbonyl (C=O) groups excluding carboxylic acids is 1. The van der Waals surface area contributed by atoms with E-state index in [0.29, 0.717) is 6.42 Å². The van der Waals surface area contributed by atoms with E-state index < -0.39 is 0 Å². The largest absolute Gasteiger partial charge is 0.274 e. The molecule has 68 valence electrons. The zero-order chi connectivity index (χ0) is 9.42. The van der Waals surface area contributed by atoms with Crippen LogP contribution < -0.4 is 3.11 Å². The van der Waals surface area contributed by atoms with E-state index >= 15 is 0 Å². The lowest BCUT2D eigenvalue weighted by Crippen LogP contribution is -2.25. The fraction of sp³-hybridized carbons (Fsp3) is 0.300. The van der Waals surface area contributed by atoms with Gasteiger partial charge < -0.3 is 0 Å². The molecular weight excluding hydrogens is 277 g/mol. The fourth-order valence-corrected chi connectivity index (χ4v) is 2.29. The van der Waals surface area contributed by atoms with E-state index in [1.807, 2.05) is 12.1 Å². The average molecular weight is 287 g/mol. The lowest BCUT2D eigenvalue weighted by Gasteiger charge is -2.23. The van der Waals surface area contributed by atoms with Crippen molar-refractivity contribution >= 4 is 34.5 Å². The maximum Gasteiger partial charge on any atom is 0.236 e. The minimum atomic E-state index is 0.206. The van der Waals surface area contributed by atoms with Crippen molar-refractivity contribution in [2.24, 2.45) is 0 Å². The summed E-state index contributed by atoms with van der Waals surface area (Å²) in [5.41, 5.74) is 3.61. The number of anilines is 1. The van der Waals surface area contributed by atoms with Gasteiger partial charge in [0.25, 0.3) is 0 Å². The first-order valence-electron chi connectivity index (χ1n) is 4.27. The first kappa shape index (κ1) is 8.99. The van der Waals surface area contributed by atoms with Crippen molar-refractivity contribution < 1.29 is 4.79 Å². The molecule has 0 atom stereocenters. The molecule has 0 radical (unpaired) electrons. The molecule has 0 bridgehead atoms. The van der Waals surface area contributed by atoms with Gasteiger partial charge in [-0.15, -0.1) is 0 Å². The van der Waals surface area contributed by atoms with Crippen LogP contribution in [0.4, 0.5) is 5.69 Å². The monoisotopic (exact) mass is 287 g/mol. The fourth-order valence-electron chi connectivity index (χ4n) is 1.58. The number of halogens is 1. The Morgan fingerprint density at radius 2 is 2.15 bits per heavy atom. The molecule has 3 heteroatoms. The topological polar surface area (TPSA) is 20.3 Å². The van der Waals surface area contributed by atoms with Crippen LogP contribution in [0, 0.1) is 6.92 Å². The number of fused-ring (bicyclic) bond motifs is 1. The molecule has 1 aliphatic heterocycles. The molecule has 13 heavy (non-hydrogen) atoms. The molecule has 1 aromatic carbocycles. The van der Waals surface area contributed by atoms with Gasteiger partial charge in [0.15, 0.2) is 0 Å². The van der Waals surface area contributed by atoms with Crippen molar-refractivity contribution in [3.8, 4) is 0 Å². The smallest absolute Gasteiger partial charge is 0.236 e. The molecule has 1 heterocycles. The van der Waals surface area contributed by atoms with Crippen LogP contribution in [-0.4, -0.2) is 5.91 Å². The predicted octanol–water partition coefficient (Wildman–Crippen LogP) is 2.62. The number of nitrogens with zero attached hydrogens (tertiary/aromatic N) is 1. The number of carbonyl (C=O) groups is 1. The molecule has 0 aliphatic carbocycles. The number of amides is 1. The van der Waals surface area contributed by atoms with Crippen LogP contribution in [0.1, 0.15) is 17.5 Å². The Bertz CT molecular complexity index is 362. The highest BCUT2D eigenvalue weighted by Gasteiger charge is 2.21. The second kappa shape index (κ2) is 3.29. The SMILES string of the molecule is Cc1ccc2c(c1)CCC(=O)N2I. The Labute approximate surface area is 91.4 Å². The Kier molecular flexibility index (Phi) is 2.27. The molecule has 0 unspecified atom stereocenters. The van der Waals surface area contributed by atoms with Crippen LogP contribution in [0.3, 0.4) is 0 Å². The van der Waals surface area contributed by atoms with E-state index in [1.165, 1.54) is 11.1 Å². The highest BCUT2D eigenvalue weighted by Crippen LogP contribution is 2.30. The van der Waals surface area contributed by atoms with E-state index in [2.05, 4.69) is 35.9 Å². The predicted molar refractivity (Wildman–Crippen MR) is 61.0 cm³/mol. The third-order valence-corrected chi connectivity index (χ3v) is 3.33. The summed E-state index contributed by atoms with van der Waals surface area (Å²) in [6, 6.07) is 6.23. The molecule has 0 fully saturated rings. The molecule has 0 aromatic heterocycles. The van der Waals surface area contributed by atoms with Crippen molar-refractivity contribution in [2.75, 3.05) is 3.11 Å². The molecule has 1 aliphatic rings. The second-order valence-corrected chi connectivity index (χ2v) is 4.27. The Morgan fingerprint density at radius 3 is 2.92 bits per heavy atom. The number of benzene rings is 1. The van der Waals surface area contributed by atoms with E-state index in [4.69, 9.17) is 0 Å². The summed E-state index contributed by atoms with van der Waals surface area (Å²) < 4.78 is 1.72. The molecule has 0 N–H and O–H groups in total. The van der Waals surface area contributed by atoms with Crippen molar-refractivity contribution in [2.45, 2.75) is 19.8 Å². The first-order valence-corrected chi connectivity index (χ1v) is 5.23. The zero-order valence-corrected chi connectivity index (χ0v) is 9.54. The zero-order valence-electron chi connectivity index (χ0n) is 7.38. The van der Waals surface area contributed by atoms with Gasteiger partial charge in [-0.05, 0) is 25.0 Å². The van der Waals surface area contributed by atoms with Crippen LogP contribution in [0.25, 0.3) is 0 Å². The van der Waals surface area contributed by atoms with Gasteiger partial charge in [-0.1, -0.05) is 17.7 Å². The van der Waals surface area contributed by atoms with Crippen molar-refractivity contribution in [3.05, 3.63) is 29.3 Å². The molecular formula is C10H10INO. The second-order valence-electron chi connectivity index (χ2n) is 3.31. The summed E-state index contributed by atoms with van der Waals surface area (Å²) in [7, 11) is 0. The Hall–Kier alpha value is -0.580. The number of hydrogen-bond donors (Lipinski definition) is 0. The summed E-state index contributed by atoms with van der Waals surface area (Å²) in [5, 5.41) is 0. The van der Waals surface area contributed by atoms with Crippen LogP contribution in [0.15, 0.2) is 18.2 Å². The molecule has 2 nitrogen and oxygen atoms in total. The number of aryl methyl sites for hydroxylation is 2. The van der Waals surface area contributed by atoms with Gasteiger partial charge in [0.05, 0.1) is 28.6 Å². The lowest BCUT2D eigenvalue weighted by molar-refractivity contribution is -0.117. The van der Waals surface area contributed by atoms with Crippen LogP contribution in [-0.2, 0) is 11.2 Å². The van der Waals surface area contributed by atoms with Crippen LogP contribution in [0.2, 0.25) is 0 Å². The molecule has 0 saturated heterocycles. The van der Waals surface area contributed by atoms with E-state index in [1.54, 1.807) is 3.11 Å². The van der Waals surface area contributed by atoms with Gasteiger partial charge >= 0.3 is 0 Å². The lowest BCUT2D eigenvalue weighted by atomic mass is 10.0. The normalized spacial score (nSPS) is 15.8. The summed E-state index contributed by atoms with van der Waals surface area (Å²) in [4.78, 5) is 11.4. The van der Waals surface area contributed by atoms with Gasteiger partial charge in [0, 0.05) is 6.42 Å². The summed E-state index contributed by atoms with van der Waals surface area (Å²) in [5.74, 6) is 0.206. The maximum absolute atomic E-state index is 11.4. The van der Waals surface area contributed by atoms with Crippen molar-refractivity contribution in [1.29, 1.82) is 0 Å². The van der Waals surface area contributed by atoms with Gasteiger partial charge in [0.1, 0.15) is 0 Å². The van der Waals surface area contributed by atoms with E-state index in [-0.39, 0.29) is 5.91 Å². The van der Waals surface area contributed by atoms with Crippen molar-refractivity contribution in [1.82, 2.24) is 0 Å². The van der Waals surface area contributed by atoms with Crippen molar-refractivity contribution in [3.63, 3.8) is 0 Å². The first-order chi connectivity index (χ1) is 6.18. The van der Waals surface area contributed by atoms with E-state index in [0.717, 1.165) is 12.1 Å². The molecule has 2 rings (SSSR count). The molecule has 1 aromatic rings. The Morgan fingerprint density at radius 1 is 1.38 bits per heavy atom. The molecule has 0 spiro atoms. The number of hydrogen-bond acceptors (Lipinski definition) is 1. The summed E-state index contributed by atoms with van der Waals surface area (Å²) in [6.07, 6.45) is 1.52. The van der Waals surface area contributed by atoms with Crippen LogP contribution in [0.5, 0.6) is 0 Å². The van der Waals surface area contributed by atoms with Gasteiger partial charge in [-0.25, -0.2) is 0 Å². The quantitative estimate of drug-likeness (QED) is 0.530. The Balaban J connectivity index is 2.49. The highest BCUT2D eigenvalue weighted by atomic mass is 127. The molecule has 1 amide bonds. The minimum Gasteiger partial charge on any atom is -0.274 e. The highest BCUT2D eigenvalue weighted by molar-refractivity contribution is 14.1. The third kappa shape index (κ3) is 1.57. The summed E-state index contributed by atoms with van der Waals surface area (Å²) >= 11 is 2.07. The van der Waals surface area contributed by atoms with Gasteiger partial charge in [-0.2, -0.15) is 0 Å². The maximum atomic E-state index is 11.4. The number of rotatable bonds is 0. The minimum absolute atomic E-state index is 0.206.